The largest absolute Gasteiger partial charge is 0.396 e. The summed E-state index contributed by atoms with van der Waals surface area (Å²) in [6, 6.07) is 7.22. The van der Waals surface area contributed by atoms with Crippen molar-refractivity contribution in [3.63, 3.8) is 0 Å². The van der Waals surface area contributed by atoms with Gasteiger partial charge in [-0.2, -0.15) is 0 Å². The summed E-state index contributed by atoms with van der Waals surface area (Å²) in [6.07, 6.45) is 0.584. The molecule has 1 aromatic carbocycles. The minimum absolute atomic E-state index is 0.0468. The van der Waals surface area contributed by atoms with Gasteiger partial charge in [-0.1, -0.05) is 32.0 Å². The molecular formula is C14H21NO3S. The Labute approximate surface area is 114 Å². The molecule has 1 aliphatic heterocycles. The molecule has 0 fully saturated rings. The Kier molecular flexibility index (Phi) is 3.99. The molecule has 0 aromatic heterocycles. The quantitative estimate of drug-likeness (QED) is 0.879. The molecule has 2 rings (SSSR count). The molecule has 0 saturated heterocycles. The van der Waals surface area contributed by atoms with Crippen LogP contribution in [0.4, 0.5) is 0 Å². The average Bonchev–Trinajstić information content (AvgIpc) is 2.38. The number of sulfone groups is 1. The first kappa shape index (κ1) is 14.5. The first-order valence-electron chi connectivity index (χ1n) is 6.52. The Morgan fingerprint density at radius 3 is 2.74 bits per heavy atom. The lowest BCUT2D eigenvalue weighted by Crippen LogP contribution is -2.37. The zero-order valence-corrected chi connectivity index (χ0v) is 12.2. The Hall–Kier alpha value is -0.910. The Morgan fingerprint density at radius 1 is 1.37 bits per heavy atom. The molecule has 1 heterocycles. The molecule has 4 nitrogen and oxygen atoms in total. The lowest BCUT2D eigenvalue weighted by molar-refractivity contribution is 0.152. The number of aliphatic hydroxyl groups excluding tert-OH is 1. The molecular weight excluding hydrogens is 262 g/mol. The van der Waals surface area contributed by atoms with Gasteiger partial charge in [0.25, 0.3) is 0 Å². The summed E-state index contributed by atoms with van der Waals surface area (Å²) in [5, 5.41) is 12.6. The number of aliphatic hydroxyl groups is 1. The number of hydrogen-bond acceptors (Lipinski definition) is 4. The maximum atomic E-state index is 12.0. The highest BCUT2D eigenvalue weighted by molar-refractivity contribution is 7.91. The van der Waals surface area contributed by atoms with E-state index in [0.29, 0.717) is 17.9 Å². The van der Waals surface area contributed by atoms with Crippen LogP contribution in [0.25, 0.3) is 0 Å². The Morgan fingerprint density at radius 2 is 2.05 bits per heavy atom. The third-order valence-electron chi connectivity index (χ3n) is 3.56. The summed E-state index contributed by atoms with van der Waals surface area (Å²) >= 11 is 0. The van der Waals surface area contributed by atoms with E-state index in [2.05, 4.69) is 5.32 Å². The van der Waals surface area contributed by atoms with E-state index < -0.39 is 9.84 Å². The summed E-state index contributed by atoms with van der Waals surface area (Å²) in [5.41, 5.74) is 0.646. The van der Waals surface area contributed by atoms with Crippen molar-refractivity contribution in [2.45, 2.75) is 31.2 Å². The maximum absolute atomic E-state index is 12.0. The third-order valence-corrected chi connectivity index (χ3v) is 5.37. The van der Waals surface area contributed by atoms with Crippen LogP contribution in [0.3, 0.4) is 0 Å². The summed E-state index contributed by atoms with van der Waals surface area (Å²) in [6.45, 7) is 4.71. The van der Waals surface area contributed by atoms with Gasteiger partial charge in [0.15, 0.2) is 9.84 Å². The van der Waals surface area contributed by atoms with E-state index in [1.807, 2.05) is 26.0 Å². The molecule has 106 valence electrons. The monoisotopic (exact) mass is 283 g/mol. The molecule has 1 aliphatic rings. The smallest absolute Gasteiger partial charge is 0.178 e. The predicted octanol–water partition coefficient (Wildman–Crippen LogP) is 1.51. The third kappa shape index (κ3) is 3.16. The van der Waals surface area contributed by atoms with Crippen LogP contribution in [0.5, 0.6) is 0 Å². The lowest BCUT2D eigenvalue weighted by Gasteiger charge is -2.30. The van der Waals surface area contributed by atoms with Crippen LogP contribution in [-0.4, -0.2) is 32.4 Å². The molecule has 0 amide bonds. The lowest BCUT2D eigenvalue weighted by atomic mass is 9.93. The van der Waals surface area contributed by atoms with Gasteiger partial charge < -0.3 is 10.4 Å². The fourth-order valence-corrected chi connectivity index (χ4v) is 3.88. The van der Waals surface area contributed by atoms with E-state index in [0.717, 1.165) is 5.56 Å². The van der Waals surface area contributed by atoms with Crippen LogP contribution in [0.15, 0.2) is 29.2 Å². The highest BCUT2D eigenvalue weighted by atomic mass is 32.2. The highest BCUT2D eigenvalue weighted by Crippen LogP contribution is 2.32. The Bertz CT molecular complexity index is 552. The Balaban J connectivity index is 2.21. The minimum atomic E-state index is -3.12. The molecule has 0 bridgehead atoms. The van der Waals surface area contributed by atoms with Gasteiger partial charge in [0.2, 0.25) is 0 Å². The molecule has 1 aromatic rings. The van der Waals surface area contributed by atoms with Crippen molar-refractivity contribution in [1.82, 2.24) is 5.32 Å². The van der Waals surface area contributed by atoms with Gasteiger partial charge in [0.1, 0.15) is 0 Å². The second-order valence-corrected chi connectivity index (χ2v) is 7.98. The summed E-state index contributed by atoms with van der Waals surface area (Å²) in [5.74, 6) is 0.182. The van der Waals surface area contributed by atoms with Crippen LogP contribution in [0, 0.1) is 5.41 Å². The van der Waals surface area contributed by atoms with E-state index >= 15 is 0 Å². The number of hydrogen-bond donors (Lipinski definition) is 2. The van der Waals surface area contributed by atoms with Crippen molar-refractivity contribution in [3.05, 3.63) is 29.8 Å². The molecule has 2 N–H and O–H groups in total. The fourth-order valence-electron chi connectivity index (χ4n) is 2.26. The van der Waals surface area contributed by atoms with E-state index in [1.54, 1.807) is 12.1 Å². The van der Waals surface area contributed by atoms with Gasteiger partial charge in [-0.15, -0.1) is 0 Å². The summed E-state index contributed by atoms with van der Waals surface area (Å²) in [4.78, 5) is 0.445. The number of benzene rings is 1. The average molecular weight is 283 g/mol. The van der Waals surface area contributed by atoms with Crippen molar-refractivity contribution < 1.29 is 13.5 Å². The normalized spacial score (nSPS) is 21.9. The van der Waals surface area contributed by atoms with Crippen LogP contribution in [-0.2, 0) is 9.84 Å². The first-order valence-corrected chi connectivity index (χ1v) is 8.17. The molecule has 5 heteroatoms. The molecule has 0 saturated carbocycles. The van der Waals surface area contributed by atoms with Gasteiger partial charge in [-0.25, -0.2) is 8.42 Å². The van der Waals surface area contributed by atoms with Crippen molar-refractivity contribution in [2.75, 3.05) is 18.9 Å². The molecule has 1 atom stereocenters. The SMILES string of the molecule is CC(C)(CO)CNC1CCS(=O)(=O)c2ccccc21. The zero-order chi connectivity index (χ0) is 14.1. The topological polar surface area (TPSA) is 66.4 Å². The predicted molar refractivity (Wildman–Crippen MR) is 74.7 cm³/mol. The van der Waals surface area contributed by atoms with Gasteiger partial charge in [0, 0.05) is 24.6 Å². The second kappa shape index (κ2) is 5.23. The van der Waals surface area contributed by atoms with Crippen molar-refractivity contribution in [2.24, 2.45) is 5.41 Å². The summed E-state index contributed by atoms with van der Waals surface area (Å²) < 4.78 is 24.0. The van der Waals surface area contributed by atoms with E-state index in [4.69, 9.17) is 0 Å². The van der Waals surface area contributed by atoms with E-state index in [1.165, 1.54) is 0 Å². The second-order valence-electron chi connectivity index (χ2n) is 5.90. The van der Waals surface area contributed by atoms with E-state index in [9.17, 15) is 13.5 Å². The minimum Gasteiger partial charge on any atom is -0.396 e. The van der Waals surface area contributed by atoms with Crippen LogP contribution in [0.1, 0.15) is 31.9 Å². The first-order chi connectivity index (χ1) is 8.86. The molecule has 0 spiro atoms. The molecule has 0 aliphatic carbocycles. The van der Waals surface area contributed by atoms with Gasteiger partial charge >= 0.3 is 0 Å². The van der Waals surface area contributed by atoms with Crippen LogP contribution >= 0.6 is 0 Å². The zero-order valence-electron chi connectivity index (χ0n) is 11.4. The standard InChI is InChI=1S/C14H21NO3S/c1-14(2,10-16)9-15-12-7-8-19(17,18)13-6-4-3-5-11(12)13/h3-6,12,15-16H,7-10H2,1-2H3. The summed E-state index contributed by atoms with van der Waals surface area (Å²) in [7, 11) is -3.12. The van der Waals surface area contributed by atoms with Gasteiger partial charge in [-0.05, 0) is 18.1 Å². The van der Waals surface area contributed by atoms with Crippen molar-refractivity contribution in [1.29, 1.82) is 0 Å². The van der Waals surface area contributed by atoms with Gasteiger partial charge in [-0.3, -0.25) is 0 Å². The van der Waals surface area contributed by atoms with Gasteiger partial charge in [0.05, 0.1) is 10.6 Å². The van der Waals surface area contributed by atoms with Crippen molar-refractivity contribution in [3.8, 4) is 0 Å². The molecule has 0 radical (unpaired) electrons. The van der Waals surface area contributed by atoms with Crippen LogP contribution < -0.4 is 5.32 Å². The molecule has 19 heavy (non-hydrogen) atoms. The number of rotatable bonds is 4. The van der Waals surface area contributed by atoms with E-state index in [-0.39, 0.29) is 23.8 Å². The fraction of sp³-hybridized carbons (Fsp3) is 0.571. The maximum Gasteiger partial charge on any atom is 0.178 e. The number of fused-ring (bicyclic) bond motifs is 1. The number of nitrogens with one attached hydrogen (secondary N) is 1. The van der Waals surface area contributed by atoms with Crippen LogP contribution in [0.2, 0.25) is 0 Å². The highest BCUT2D eigenvalue weighted by Gasteiger charge is 2.30. The molecule has 1 unspecified atom stereocenters. The van der Waals surface area contributed by atoms with Crippen molar-refractivity contribution >= 4 is 9.84 Å².